The van der Waals surface area contributed by atoms with Gasteiger partial charge in [-0.1, -0.05) is 18.2 Å². The standard InChI is InChI=1S/C23H23N5O3/c1-15-2-7-20(19(24)10-15)31-18-5-3-16(4-6-18)11-27-22(30)23(8-9-23)28-21(29)17-12-25-14-26-13-17/h2-7,10,12-14H,8-9,11,24H2,1H3,(H,27,30)(H,28,29). The molecule has 0 spiro atoms. The number of ether oxygens (including phenoxy) is 1. The zero-order chi connectivity index (χ0) is 21.8. The maximum Gasteiger partial charge on any atom is 0.255 e. The summed E-state index contributed by atoms with van der Waals surface area (Å²) in [7, 11) is 0. The van der Waals surface area contributed by atoms with E-state index >= 15 is 0 Å². The summed E-state index contributed by atoms with van der Waals surface area (Å²) in [4.78, 5) is 32.6. The van der Waals surface area contributed by atoms with Crippen molar-refractivity contribution in [3.63, 3.8) is 0 Å². The number of aromatic nitrogens is 2. The molecule has 2 aromatic carbocycles. The highest BCUT2D eigenvalue weighted by Crippen LogP contribution is 2.36. The van der Waals surface area contributed by atoms with Crippen LogP contribution in [-0.2, 0) is 11.3 Å². The van der Waals surface area contributed by atoms with Crippen molar-refractivity contribution in [2.45, 2.75) is 31.8 Å². The molecule has 0 unspecified atom stereocenters. The number of hydrogen-bond donors (Lipinski definition) is 3. The first kappa shape index (κ1) is 20.3. The Hall–Kier alpha value is -3.94. The molecule has 1 aliphatic rings. The second-order valence-electron chi connectivity index (χ2n) is 7.63. The third kappa shape index (κ3) is 4.80. The van der Waals surface area contributed by atoms with E-state index in [1.165, 1.54) is 18.7 Å². The molecule has 1 heterocycles. The third-order valence-corrected chi connectivity index (χ3v) is 5.13. The number of carbonyl (C=O) groups excluding carboxylic acids is 2. The largest absolute Gasteiger partial charge is 0.455 e. The van der Waals surface area contributed by atoms with Crippen LogP contribution < -0.4 is 21.1 Å². The van der Waals surface area contributed by atoms with Gasteiger partial charge in [-0.3, -0.25) is 9.59 Å². The number of anilines is 1. The van der Waals surface area contributed by atoms with Crippen LogP contribution in [0, 0.1) is 6.92 Å². The van der Waals surface area contributed by atoms with Crippen molar-refractivity contribution in [3.05, 3.63) is 77.9 Å². The second kappa shape index (κ2) is 8.43. The summed E-state index contributed by atoms with van der Waals surface area (Å²) in [5, 5.41) is 5.70. The molecule has 8 heteroatoms. The van der Waals surface area contributed by atoms with Crippen LogP contribution in [-0.4, -0.2) is 27.3 Å². The Bertz CT molecular complexity index is 1100. The first-order chi connectivity index (χ1) is 14.9. The monoisotopic (exact) mass is 417 g/mol. The molecule has 0 aliphatic heterocycles. The Kier molecular flexibility index (Phi) is 5.53. The Morgan fingerprint density at radius 3 is 2.45 bits per heavy atom. The number of nitrogens with two attached hydrogens (primary N) is 1. The smallest absolute Gasteiger partial charge is 0.255 e. The molecule has 4 N–H and O–H groups in total. The minimum absolute atomic E-state index is 0.203. The summed E-state index contributed by atoms with van der Waals surface area (Å²) in [5.74, 6) is 0.694. The van der Waals surface area contributed by atoms with E-state index < -0.39 is 5.54 Å². The van der Waals surface area contributed by atoms with Gasteiger partial charge in [-0.25, -0.2) is 9.97 Å². The molecule has 31 heavy (non-hydrogen) atoms. The summed E-state index contributed by atoms with van der Waals surface area (Å²) in [6.07, 6.45) is 5.39. The first-order valence-electron chi connectivity index (χ1n) is 9.94. The Morgan fingerprint density at radius 2 is 1.81 bits per heavy atom. The number of carbonyl (C=O) groups is 2. The first-order valence-corrected chi connectivity index (χ1v) is 9.94. The van der Waals surface area contributed by atoms with E-state index in [9.17, 15) is 9.59 Å². The molecule has 0 saturated heterocycles. The Balaban J connectivity index is 1.31. The quantitative estimate of drug-likeness (QED) is 0.509. The summed E-state index contributed by atoms with van der Waals surface area (Å²) in [6.45, 7) is 2.31. The fourth-order valence-electron chi connectivity index (χ4n) is 3.15. The van der Waals surface area contributed by atoms with Gasteiger partial charge >= 0.3 is 0 Å². The van der Waals surface area contributed by atoms with Crippen molar-refractivity contribution in [1.82, 2.24) is 20.6 Å². The number of hydrogen-bond acceptors (Lipinski definition) is 6. The van der Waals surface area contributed by atoms with Gasteiger partial charge in [-0.05, 0) is 55.2 Å². The van der Waals surface area contributed by atoms with Crippen molar-refractivity contribution >= 4 is 17.5 Å². The van der Waals surface area contributed by atoms with Gasteiger partial charge in [0.05, 0.1) is 11.3 Å². The number of rotatable bonds is 7. The number of nitrogens with one attached hydrogen (secondary N) is 2. The van der Waals surface area contributed by atoms with Gasteiger partial charge in [0.1, 0.15) is 23.4 Å². The summed E-state index contributed by atoms with van der Waals surface area (Å²) < 4.78 is 5.82. The molecule has 1 saturated carbocycles. The lowest BCUT2D eigenvalue weighted by Crippen LogP contribution is -2.48. The van der Waals surface area contributed by atoms with E-state index in [0.717, 1.165) is 11.1 Å². The maximum atomic E-state index is 12.6. The molecular weight excluding hydrogens is 394 g/mol. The molecule has 2 amide bonds. The molecule has 1 aromatic heterocycles. The zero-order valence-corrected chi connectivity index (χ0v) is 17.1. The minimum atomic E-state index is -0.862. The summed E-state index contributed by atoms with van der Waals surface area (Å²) in [6, 6.07) is 13.0. The number of amides is 2. The van der Waals surface area contributed by atoms with Crippen LogP contribution >= 0.6 is 0 Å². The second-order valence-corrected chi connectivity index (χ2v) is 7.63. The van der Waals surface area contributed by atoms with Crippen LogP contribution in [0.5, 0.6) is 11.5 Å². The molecular formula is C23H23N5O3. The highest BCUT2D eigenvalue weighted by atomic mass is 16.5. The maximum absolute atomic E-state index is 12.6. The molecule has 0 radical (unpaired) electrons. The van der Waals surface area contributed by atoms with Crippen molar-refractivity contribution in [3.8, 4) is 11.5 Å². The highest BCUT2D eigenvalue weighted by Gasteiger charge is 2.51. The lowest BCUT2D eigenvalue weighted by Gasteiger charge is -2.17. The molecule has 0 atom stereocenters. The van der Waals surface area contributed by atoms with Crippen molar-refractivity contribution in [2.24, 2.45) is 0 Å². The third-order valence-electron chi connectivity index (χ3n) is 5.13. The van der Waals surface area contributed by atoms with Gasteiger partial charge in [0, 0.05) is 18.9 Å². The van der Waals surface area contributed by atoms with Crippen LogP contribution in [0.1, 0.15) is 34.3 Å². The lowest BCUT2D eigenvalue weighted by molar-refractivity contribution is -0.124. The van der Waals surface area contributed by atoms with E-state index in [2.05, 4.69) is 20.6 Å². The number of benzene rings is 2. The van der Waals surface area contributed by atoms with E-state index in [1.807, 2.05) is 49.4 Å². The van der Waals surface area contributed by atoms with Gasteiger partial charge in [-0.15, -0.1) is 0 Å². The molecule has 158 valence electrons. The average Bonchev–Trinajstić information content (AvgIpc) is 3.56. The van der Waals surface area contributed by atoms with E-state index in [-0.39, 0.29) is 11.8 Å². The predicted octanol–water partition coefficient (Wildman–Crippen LogP) is 2.74. The van der Waals surface area contributed by atoms with Gasteiger partial charge in [0.25, 0.3) is 5.91 Å². The number of nitrogen functional groups attached to an aromatic ring is 1. The van der Waals surface area contributed by atoms with Crippen LogP contribution in [0.15, 0.2) is 61.2 Å². The molecule has 0 bridgehead atoms. The number of aryl methyl sites for hydroxylation is 1. The van der Waals surface area contributed by atoms with E-state index in [4.69, 9.17) is 10.5 Å². The summed E-state index contributed by atoms with van der Waals surface area (Å²) >= 11 is 0. The van der Waals surface area contributed by atoms with E-state index in [0.29, 0.717) is 42.1 Å². The fraction of sp³-hybridized carbons (Fsp3) is 0.217. The van der Waals surface area contributed by atoms with Gasteiger partial charge in [-0.2, -0.15) is 0 Å². The summed E-state index contributed by atoms with van der Waals surface area (Å²) in [5.41, 5.74) is 8.01. The molecule has 1 aliphatic carbocycles. The van der Waals surface area contributed by atoms with Crippen molar-refractivity contribution in [1.29, 1.82) is 0 Å². The van der Waals surface area contributed by atoms with Gasteiger partial charge in [0.2, 0.25) is 5.91 Å². The molecule has 1 fully saturated rings. The van der Waals surface area contributed by atoms with Crippen LogP contribution in [0.2, 0.25) is 0 Å². The van der Waals surface area contributed by atoms with Crippen LogP contribution in [0.4, 0.5) is 5.69 Å². The normalized spacial score (nSPS) is 13.8. The van der Waals surface area contributed by atoms with Crippen LogP contribution in [0.3, 0.4) is 0 Å². The topological polar surface area (TPSA) is 119 Å². The van der Waals surface area contributed by atoms with Crippen molar-refractivity contribution < 1.29 is 14.3 Å². The zero-order valence-electron chi connectivity index (χ0n) is 17.1. The highest BCUT2D eigenvalue weighted by molar-refractivity contribution is 6.00. The number of nitrogens with zero attached hydrogens (tertiary/aromatic N) is 2. The molecule has 3 aromatic rings. The Morgan fingerprint density at radius 1 is 1.10 bits per heavy atom. The average molecular weight is 417 g/mol. The van der Waals surface area contributed by atoms with Gasteiger partial charge in [0.15, 0.2) is 0 Å². The molecule has 4 rings (SSSR count). The lowest BCUT2D eigenvalue weighted by atomic mass is 10.2. The van der Waals surface area contributed by atoms with Crippen LogP contribution in [0.25, 0.3) is 0 Å². The SMILES string of the molecule is Cc1ccc(Oc2ccc(CNC(=O)C3(NC(=O)c4cncnc4)CC3)cc2)c(N)c1. The Labute approximate surface area is 179 Å². The fourth-order valence-corrected chi connectivity index (χ4v) is 3.15. The predicted molar refractivity (Wildman–Crippen MR) is 115 cm³/mol. The van der Waals surface area contributed by atoms with Crippen molar-refractivity contribution in [2.75, 3.05) is 5.73 Å². The van der Waals surface area contributed by atoms with E-state index in [1.54, 1.807) is 0 Å². The minimum Gasteiger partial charge on any atom is -0.455 e. The van der Waals surface area contributed by atoms with Gasteiger partial charge < -0.3 is 21.1 Å². The molecule has 8 nitrogen and oxygen atoms in total.